The second kappa shape index (κ2) is 12.9. The van der Waals surface area contributed by atoms with Gasteiger partial charge in [0.1, 0.15) is 46.0 Å². The van der Waals surface area contributed by atoms with Gasteiger partial charge in [-0.1, -0.05) is 121 Å². The van der Waals surface area contributed by atoms with Crippen molar-refractivity contribution in [2.24, 2.45) is 0 Å². The fourth-order valence-corrected chi connectivity index (χ4v) is 15.9. The number of fused-ring (bicyclic) bond motifs is 23. The molecule has 11 heteroatoms. The standard InChI is InChI=1S/C62H34B4N2O4S/c1-31-59-53-57-55-61(31)71-49-29-51-33(27-41(49)65(55)37-17-5-11-23-45(37)67(57)43-21-9-3-15-35(43)63(53)39-19-7-13-25-47(39)69-59)34-28-42-50(30-52(34)73-51)72-62-32(2)60-54-58-56(62)66(42)38-18-6-12-24-46(38)68(58)44-22-10-4-16-36(44)64(54)40-20-8-14-26-48(40)70-60/h3-30H,1-2H3. The van der Waals surface area contributed by atoms with Crippen LogP contribution in [0.3, 0.4) is 0 Å². The first-order valence-electron chi connectivity index (χ1n) is 25.4. The molecule has 0 fully saturated rings. The summed E-state index contributed by atoms with van der Waals surface area (Å²) in [7, 11) is 0. The van der Waals surface area contributed by atoms with E-state index in [1.165, 1.54) is 120 Å². The summed E-state index contributed by atoms with van der Waals surface area (Å²) in [6, 6.07) is 62.6. The first kappa shape index (κ1) is 38.2. The summed E-state index contributed by atoms with van der Waals surface area (Å²) in [5.41, 5.74) is 24.0. The summed E-state index contributed by atoms with van der Waals surface area (Å²) in [4.78, 5) is 5.01. The third kappa shape index (κ3) is 4.40. The molecule has 8 aliphatic heterocycles. The monoisotopic (exact) mass is 946 g/mol. The molecule has 0 saturated carbocycles. The summed E-state index contributed by atoms with van der Waals surface area (Å²) in [5.74, 6) is 7.20. The molecule has 11 aromatic rings. The molecule has 0 atom stereocenters. The van der Waals surface area contributed by atoms with Crippen molar-refractivity contribution in [1.82, 2.24) is 0 Å². The third-order valence-electron chi connectivity index (χ3n) is 17.6. The number of hydrogen-bond acceptors (Lipinski definition) is 7. The topological polar surface area (TPSA) is 43.4 Å². The minimum absolute atomic E-state index is 0.0188. The van der Waals surface area contributed by atoms with Crippen LogP contribution >= 0.6 is 11.3 Å². The van der Waals surface area contributed by atoms with E-state index >= 15 is 0 Å². The summed E-state index contributed by atoms with van der Waals surface area (Å²) >= 11 is 1.81. The smallest absolute Gasteiger partial charge is 0.256 e. The average molecular weight is 946 g/mol. The highest BCUT2D eigenvalue weighted by Crippen LogP contribution is 2.51. The van der Waals surface area contributed by atoms with E-state index in [1.54, 1.807) is 0 Å². The number of thiophene rings is 1. The summed E-state index contributed by atoms with van der Waals surface area (Å²) in [5, 5.41) is 2.46. The zero-order valence-corrected chi connectivity index (χ0v) is 40.2. The molecule has 19 rings (SSSR count). The molecule has 1 aromatic heterocycles. The maximum Gasteiger partial charge on any atom is 0.256 e. The lowest BCUT2D eigenvalue weighted by Gasteiger charge is -2.47. The van der Waals surface area contributed by atoms with Crippen LogP contribution in [0.2, 0.25) is 0 Å². The van der Waals surface area contributed by atoms with Gasteiger partial charge in [0.2, 0.25) is 0 Å². The van der Waals surface area contributed by atoms with Crippen molar-refractivity contribution >= 4 is 158 Å². The van der Waals surface area contributed by atoms with Gasteiger partial charge in [0, 0.05) is 65.4 Å². The molecule has 8 aliphatic rings. The molecule has 0 amide bonds. The minimum Gasteiger partial charge on any atom is -0.458 e. The van der Waals surface area contributed by atoms with E-state index in [9.17, 15) is 0 Å². The van der Waals surface area contributed by atoms with Crippen LogP contribution in [0.4, 0.5) is 34.1 Å². The van der Waals surface area contributed by atoms with Crippen LogP contribution < -0.4 is 94.3 Å². The predicted molar refractivity (Wildman–Crippen MR) is 303 cm³/mol. The normalized spacial score (nSPS) is 15.0. The number of rotatable bonds is 0. The van der Waals surface area contributed by atoms with Gasteiger partial charge in [0.25, 0.3) is 26.9 Å². The van der Waals surface area contributed by atoms with Crippen molar-refractivity contribution < 1.29 is 18.9 Å². The van der Waals surface area contributed by atoms with Crippen molar-refractivity contribution in [1.29, 1.82) is 0 Å². The Morgan fingerprint density at radius 1 is 0.329 bits per heavy atom. The first-order chi connectivity index (χ1) is 36.1. The highest BCUT2D eigenvalue weighted by atomic mass is 32.1. The maximum atomic E-state index is 7.35. The Kier molecular flexibility index (Phi) is 6.76. The summed E-state index contributed by atoms with van der Waals surface area (Å²) in [6.45, 7) is 4.29. The Morgan fingerprint density at radius 2 is 0.630 bits per heavy atom. The second-order valence-corrected chi connectivity index (χ2v) is 22.0. The lowest BCUT2D eigenvalue weighted by atomic mass is 9.29. The predicted octanol–water partition coefficient (Wildman–Crippen LogP) is 7.35. The van der Waals surface area contributed by atoms with Gasteiger partial charge in [0.15, 0.2) is 0 Å². The van der Waals surface area contributed by atoms with E-state index in [-0.39, 0.29) is 26.9 Å². The quantitative estimate of drug-likeness (QED) is 0.148. The van der Waals surface area contributed by atoms with Crippen LogP contribution in [0, 0.1) is 13.8 Å². The third-order valence-corrected chi connectivity index (χ3v) is 18.7. The Labute approximate surface area is 425 Å². The molecular formula is C62H34B4N2O4S. The molecule has 73 heavy (non-hydrogen) atoms. The first-order valence-corrected chi connectivity index (χ1v) is 26.2. The van der Waals surface area contributed by atoms with E-state index in [2.05, 4.69) is 194 Å². The second-order valence-electron chi connectivity index (χ2n) is 20.9. The Balaban J connectivity index is 0.849. The molecule has 0 bridgehead atoms. The van der Waals surface area contributed by atoms with Gasteiger partial charge >= 0.3 is 0 Å². The molecule has 10 aromatic carbocycles. The van der Waals surface area contributed by atoms with Gasteiger partial charge < -0.3 is 28.7 Å². The van der Waals surface area contributed by atoms with E-state index in [1.807, 2.05) is 11.3 Å². The van der Waals surface area contributed by atoms with Gasteiger partial charge in [-0.2, -0.15) is 0 Å². The number of benzene rings is 10. The van der Waals surface area contributed by atoms with Crippen molar-refractivity contribution in [3.05, 3.63) is 181 Å². The highest BCUT2D eigenvalue weighted by molar-refractivity contribution is 7.26. The number of hydrogen-bond donors (Lipinski definition) is 0. The van der Waals surface area contributed by atoms with Crippen molar-refractivity contribution in [2.75, 3.05) is 9.80 Å². The zero-order valence-electron chi connectivity index (χ0n) is 39.4. The largest absolute Gasteiger partial charge is 0.458 e. The molecule has 0 aliphatic carbocycles. The summed E-state index contributed by atoms with van der Waals surface area (Å²) in [6.07, 6.45) is 0. The van der Waals surface area contributed by atoms with Crippen LogP contribution in [0.1, 0.15) is 11.1 Å². The number of nitrogens with zero attached hydrogens (tertiary/aromatic N) is 2. The fraction of sp³-hybridized carbons (Fsp3) is 0.0323. The van der Waals surface area contributed by atoms with Gasteiger partial charge in [0.05, 0.1) is 0 Å². The van der Waals surface area contributed by atoms with Crippen LogP contribution in [0.25, 0.3) is 20.2 Å². The van der Waals surface area contributed by atoms with Crippen molar-refractivity contribution in [3.8, 4) is 46.0 Å². The minimum atomic E-state index is -0.0675. The molecule has 6 nitrogen and oxygen atoms in total. The van der Waals surface area contributed by atoms with E-state index < -0.39 is 0 Å². The lowest BCUT2D eigenvalue weighted by Crippen LogP contribution is -2.67. The van der Waals surface area contributed by atoms with Crippen LogP contribution in [-0.4, -0.2) is 26.9 Å². The molecule has 0 spiro atoms. The molecular weight excluding hydrogens is 912 g/mol. The van der Waals surface area contributed by atoms with Crippen molar-refractivity contribution in [3.63, 3.8) is 0 Å². The molecule has 0 N–H and O–H groups in total. The Morgan fingerprint density at radius 3 is 1.00 bits per heavy atom. The zero-order chi connectivity index (χ0) is 47.3. The fourth-order valence-electron chi connectivity index (χ4n) is 14.8. The van der Waals surface area contributed by atoms with E-state index in [0.717, 1.165) is 57.1 Å². The lowest BCUT2D eigenvalue weighted by molar-refractivity contribution is 0.459. The number of para-hydroxylation sites is 6. The van der Waals surface area contributed by atoms with Crippen LogP contribution in [0.15, 0.2) is 170 Å². The summed E-state index contributed by atoms with van der Waals surface area (Å²) < 4.78 is 31.1. The average Bonchev–Trinajstić information content (AvgIpc) is 3.79. The van der Waals surface area contributed by atoms with E-state index in [4.69, 9.17) is 18.9 Å². The van der Waals surface area contributed by atoms with Crippen LogP contribution in [0.5, 0.6) is 46.0 Å². The molecule has 334 valence electrons. The van der Waals surface area contributed by atoms with Gasteiger partial charge in [-0.05, 0) is 128 Å². The van der Waals surface area contributed by atoms with Crippen LogP contribution in [-0.2, 0) is 0 Å². The molecule has 0 saturated heterocycles. The Hall–Kier alpha value is -8.52. The van der Waals surface area contributed by atoms with Crippen molar-refractivity contribution in [2.45, 2.75) is 13.8 Å². The SMILES string of the molecule is Cc1c2c3c4c5c1Oc1cc6sc7cc8c(cc7c6cc1B5c1ccccc1N4c1ccccc1B3c1ccccc1O2)B1c2ccccc2N2c3ccccc3B3c4ccccc4Oc4c(C)c(c1c2c43)O8. The number of anilines is 6. The maximum absolute atomic E-state index is 7.35. The van der Waals surface area contributed by atoms with E-state index in [0.29, 0.717) is 0 Å². The molecule has 0 radical (unpaired) electrons. The molecule has 0 unspecified atom stereocenters. The van der Waals surface area contributed by atoms with Gasteiger partial charge in [-0.25, -0.2) is 0 Å². The highest BCUT2D eigenvalue weighted by Gasteiger charge is 2.54. The number of ether oxygens (including phenoxy) is 4. The molecule has 9 heterocycles. The Bertz CT molecular complexity index is 4230. The van der Waals surface area contributed by atoms with Gasteiger partial charge in [-0.15, -0.1) is 11.3 Å². The van der Waals surface area contributed by atoms with Gasteiger partial charge in [-0.3, -0.25) is 0 Å².